The molecule has 5 heteroatoms. The molecule has 4 unspecified atom stereocenters. The normalized spacial score (nSPS) is 29.4. The molecule has 142 valence electrons. The van der Waals surface area contributed by atoms with Gasteiger partial charge in [0.1, 0.15) is 12.4 Å². The summed E-state index contributed by atoms with van der Waals surface area (Å²) < 4.78 is 12.1. The average molecular weight is 365 g/mol. The third kappa shape index (κ3) is 3.04. The van der Waals surface area contributed by atoms with Crippen LogP contribution in [-0.2, 0) is 4.74 Å². The molecule has 3 heterocycles. The summed E-state index contributed by atoms with van der Waals surface area (Å²) in [6, 6.07) is 14.5. The molecule has 1 N–H and O–H groups in total. The Hall–Kier alpha value is -2.27. The number of nitrogens with zero attached hydrogens (tertiary/aromatic N) is 2. The minimum atomic E-state index is 0.484. The summed E-state index contributed by atoms with van der Waals surface area (Å²) in [4.78, 5) is 6.90. The first-order valence-electron chi connectivity index (χ1n) is 10.0. The minimum Gasteiger partial charge on any atom is -0.491 e. The first-order chi connectivity index (χ1) is 13.3. The van der Waals surface area contributed by atoms with Crippen LogP contribution in [0, 0.1) is 11.8 Å². The monoisotopic (exact) mass is 365 g/mol. The van der Waals surface area contributed by atoms with Crippen LogP contribution in [0.4, 0.5) is 0 Å². The number of nitrogens with one attached hydrogen (secondary N) is 1. The van der Waals surface area contributed by atoms with Crippen LogP contribution >= 0.6 is 0 Å². The second kappa shape index (κ2) is 7.04. The van der Waals surface area contributed by atoms with Gasteiger partial charge in [-0.25, -0.2) is 0 Å². The van der Waals surface area contributed by atoms with Gasteiger partial charge in [0.05, 0.1) is 18.8 Å². The topological polar surface area (TPSA) is 46.1 Å². The molecule has 27 heavy (non-hydrogen) atoms. The number of hydrogen-bond acceptors (Lipinski definition) is 3. The first kappa shape index (κ1) is 16.9. The Morgan fingerprint density at radius 3 is 2.63 bits per heavy atom. The molecule has 0 aliphatic carbocycles. The van der Waals surface area contributed by atoms with Crippen molar-refractivity contribution >= 4 is 16.7 Å². The molecule has 3 saturated heterocycles. The van der Waals surface area contributed by atoms with E-state index >= 15 is 0 Å². The molecule has 4 atom stereocenters. The summed E-state index contributed by atoms with van der Waals surface area (Å²) in [6.45, 7) is 3.48. The molecule has 3 aliphatic rings. The quantitative estimate of drug-likeness (QED) is 0.514. The van der Waals surface area contributed by atoms with E-state index in [0.717, 1.165) is 36.7 Å². The Bertz CT molecular complexity index is 829. The van der Waals surface area contributed by atoms with E-state index in [1.165, 1.54) is 18.2 Å². The van der Waals surface area contributed by atoms with E-state index in [2.05, 4.69) is 45.5 Å². The van der Waals surface area contributed by atoms with Gasteiger partial charge < -0.3 is 19.7 Å². The molecule has 5 rings (SSSR count). The van der Waals surface area contributed by atoms with Crippen LogP contribution in [0.2, 0.25) is 0 Å². The van der Waals surface area contributed by atoms with E-state index in [4.69, 9.17) is 9.47 Å². The summed E-state index contributed by atoms with van der Waals surface area (Å²) in [6.07, 6.45) is 3.45. The maximum atomic E-state index is 6.08. The van der Waals surface area contributed by atoms with E-state index in [1.54, 1.807) is 0 Å². The largest absolute Gasteiger partial charge is 0.491 e. The molecule has 5 nitrogen and oxygen atoms in total. The van der Waals surface area contributed by atoms with Gasteiger partial charge in [0.2, 0.25) is 0 Å². The molecule has 0 amide bonds. The number of ether oxygens (including phenoxy) is 2. The zero-order chi connectivity index (χ0) is 18.2. The Morgan fingerprint density at radius 1 is 1.11 bits per heavy atom. The van der Waals surface area contributed by atoms with Gasteiger partial charge in [-0.2, -0.15) is 0 Å². The summed E-state index contributed by atoms with van der Waals surface area (Å²) in [7, 11) is 1.87. The van der Waals surface area contributed by atoms with Crippen molar-refractivity contribution in [3.05, 3.63) is 42.5 Å². The van der Waals surface area contributed by atoms with Crippen LogP contribution in [0.3, 0.4) is 0 Å². The fraction of sp³-hybridized carbons (Fsp3) is 0.500. The lowest BCUT2D eigenvalue weighted by Crippen LogP contribution is -2.42. The van der Waals surface area contributed by atoms with Crippen LogP contribution in [-0.4, -0.2) is 56.4 Å². The van der Waals surface area contributed by atoms with Crippen molar-refractivity contribution in [2.45, 2.75) is 25.0 Å². The SMILES string of the molecule is CN=C(NCCOc1cccc2ccccc12)N1CC2C3CCC(O3)C2C1. The zero-order valence-electron chi connectivity index (χ0n) is 15.8. The number of aliphatic imine (C=N–C) groups is 1. The fourth-order valence-corrected chi connectivity index (χ4v) is 5.11. The van der Waals surface area contributed by atoms with Crippen LogP contribution in [0.15, 0.2) is 47.5 Å². The summed E-state index contributed by atoms with van der Waals surface area (Å²) in [5, 5.41) is 5.85. The molecule has 2 bridgehead atoms. The molecule has 3 aliphatic heterocycles. The van der Waals surface area contributed by atoms with Gasteiger partial charge in [-0.15, -0.1) is 0 Å². The Morgan fingerprint density at radius 2 is 1.85 bits per heavy atom. The molecule has 0 radical (unpaired) electrons. The highest BCUT2D eigenvalue weighted by molar-refractivity contribution is 5.88. The standard InChI is InChI=1S/C22H27N3O2/c1-23-22(25-13-17-18(14-25)21-10-9-20(17)27-21)24-11-12-26-19-8-4-6-15-5-2-3-7-16(15)19/h2-8,17-18,20-21H,9-14H2,1H3,(H,23,24). The van der Waals surface area contributed by atoms with Crippen molar-refractivity contribution in [1.29, 1.82) is 0 Å². The van der Waals surface area contributed by atoms with E-state index < -0.39 is 0 Å². The highest BCUT2D eigenvalue weighted by Crippen LogP contribution is 2.47. The number of guanidine groups is 1. The number of rotatable bonds is 4. The maximum Gasteiger partial charge on any atom is 0.193 e. The number of fused-ring (bicyclic) bond motifs is 6. The summed E-state index contributed by atoms with van der Waals surface area (Å²) >= 11 is 0. The van der Waals surface area contributed by atoms with Crippen LogP contribution in [0.1, 0.15) is 12.8 Å². The Balaban J connectivity index is 1.15. The number of likely N-dealkylation sites (tertiary alicyclic amines) is 1. The van der Waals surface area contributed by atoms with Crippen molar-refractivity contribution in [3.8, 4) is 5.75 Å². The molecule has 2 aromatic carbocycles. The molecular formula is C22H27N3O2. The number of benzene rings is 2. The molecule has 0 aromatic heterocycles. The van der Waals surface area contributed by atoms with E-state index in [0.29, 0.717) is 30.7 Å². The van der Waals surface area contributed by atoms with Crippen molar-refractivity contribution in [1.82, 2.24) is 10.2 Å². The summed E-state index contributed by atoms with van der Waals surface area (Å²) in [5.74, 6) is 3.31. The average Bonchev–Trinajstić information content (AvgIpc) is 3.41. The third-order valence-corrected chi connectivity index (χ3v) is 6.36. The van der Waals surface area contributed by atoms with Crippen molar-refractivity contribution in [2.24, 2.45) is 16.8 Å². The highest BCUT2D eigenvalue weighted by Gasteiger charge is 2.53. The predicted molar refractivity (Wildman–Crippen MR) is 107 cm³/mol. The van der Waals surface area contributed by atoms with E-state index in [9.17, 15) is 0 Å². The molecule has 2 aromatic rings. The van der Waals surface area contributed by atoms with Crippen molar-refractivity contribution in [3.63, 3.8) is 0 Å². The lowest BCUT2D eigenvalue weighted by Gasteiger charge is -2.23. The van der Waals surface area contributed by atoms with Gasteiger partial charge in [0, 0.05) is 37.4 Å². The van der Waals surface area contributed by atoms with Crippen LogP contribution in [0.5, 0.6) is 5.75 Å². The summed E-state index contributed by atoms with van der Waals surface area (Å²) in [5.41, 5.74) is 0. The van der Waals surface area contributed by atoms with Gasteiger partial charge in [-0.1, -0.05) is 36.4 Å². The molecular weight excluding hydrogens is 338 g/mol. The second-order valence-electron chi connectivity index (χ2n) is 7.82. The van der Waals surface area contributed by atoms with Crippen molar-refractivity contribution < 1.29 is 9.47 Å². The Kier molecular flexibility index (Phi) is 4.40. The number of hydrogen-bond donors (Lipinski definition) is 1. The first-order valence-corrected chi connectivity index (χ1v) is 10.0. The van der Waals surface area contributed by atoms with Gasteiger partial charge in [0.25, 0.3) is 0 Å². The molecule has 0 spiro atoms. The highest BCUT2D eigenvalue weighted by atomic mass is 16.5. The lowest BCUT2D eigenvalue weighted by atomic mass is 9.82. The lowest BCUT2D eigenvalue weighted by molar-refractivity contribution is 0.0767. The van der Waals surface area contributed by atoms with E-state index in [1.807, 2.05) is 19.2 Å². The fourth-order valence-electron chi connectivity index (χ4n) is 5.11. The maximum absolute atomic E-state index is 6.08. The van der Waals surface area contributed by atoms with Gasteiger partial charge in [-0.05, 0) is 24.3 Å². The zero-order valence-corrected chi connectivity index (χ0v) is 15.8. The minimum absolute atomic E-state index is 0.484. The predicted octanol–water partition coefficient (Wildman–Crippen LogP) is 2.90. The molecule has 0 saturated carbocycles. The van der Waals surface area contributed by atoms with Gasteiger partial charge in [-0.3, -0.25) is 4.99 Å². The van der Waals surface area contributed by atoms with Crippen LogP contribution < -0.4 is 10.1 Å². The third-order valence-electron chi connectivity index (χ3n) is 6.36. The second-order valence-corrected chi connectivity index (χ2v) is 7.82. The van der Waals surface area contributed by atoms with Crippen molar-refractivity contribution in [2.75, 3.05) is 33.3 Å². The van der Waals surface area contributed by atoms with Crippen LogP contribution in [0.25, 0.3) is 10.8 Å². The smallest absolute Gasteiger partial charge is 0.193 e. The molecule has 3 fully saturated rings. The Labute approximate surface area is 160 Å². The van der Waals surface area contributed by atoms with Gasteiger partial charge >= 0.3 is 0 Å². The van der Waals surface area contributed by atoms with E-state index in [-0.39, 0.29) is 0 Å². The van der Waals surface area contributed by atoms with Gasteiger partial charge in [0.15, 0.2) is 5.96 Å².